The lowest BCUT2D eigenvalue weighted by Gasteiger charge is -2.10. The average Bonchev–Trinajstić information content (AvgIpc) is 2.95. The number of aromatic nitrogens is 2. The zero-order chi connectivity index (χ0) is 14.3. The van der Waals surface area contributed by atoms with Crippen LogP contribution in [-0.2, 0) is 18.3 Å². The van der Waals surface area contributed by atoms with E-state index in [-0.39, 0.29) is 11.2 Å². The summed E-state index contributed by atoms with van der Waals surface area (Å²) < 4.78 is 1.79. The van der Waals surface area contributed by atoms with Gasteiger partial charge >= 0.3 is 0 Å². The molecule has 1 aromatic heterocycles. The van der Waals surface area contributed by atoms with Crippen LogP contribution in [0.4, 0.5) is 5.69 Å². The highest BCUT2D eigenvalue weighted by molar-refractivity contribution is 8.01. The maximum Gasteiger partial charge on any atom is 0.238 e. The van der Waals surface area contributed by atoms with E-state index < -0.39 is 0 Å². The van der Waals surface area contributed by atoms with Crippen molar-refractivity contribution in [3.63, 3.8) is 0 Å². The van der Waals surface area contributed by atoms with Gasteiger partial charge in [0.2, 0.25) is 5.91 Å². The van der Waals surface area contributed by atoms with Crippen LogP contribution in [0.15, 0.2) is 29.2 Å². The largest absolute Gasteiger partial charge is 0.322 e. The highest BCUT2D eigenvalue weighted by Crippen LogP contribution is 2.37. The zero-order valence-electron chi connectivity index (χ0n) is 11.8. The molecule has 0 saturated carbocycles. The summed E-state index contributed by atoms with van der Waals surface area (Å²) in [7, 11) is 1.89. The van der Waals surface area contributed by atoms with Crippen molar-refractivity contribution in [3.8, 4) is 0 Å². The van der Waals surface area contributed by atoms with Crippen molar-refractivity contribution in [1.29, 1.82) is 0 Å². The first-order valence-corrected chi connectivity index (χ1v) is 7.50. The SMILES string of the molecule is Cc1nn(C)c(C)c1NC(=O)[C@@H]1Cc2ccccc2S1. The first-order valence-electron chi connectivity index (χ1n) is 6.62. The Morgan fingerprint density at radius 1 is 1.40 bits per heavy atom. The Kier molecular flexibility index (Phi) is 3.30. The Labute approximate surface area is 122 Å². The first-order chi connectivity index (χ1) is 9.56. The number of hydrogen-bond acceptors (Lipinski definition) is 3. The molecule has 2 heterocycles. The number of anilines is 1. The summed E-state index contributed by atoms with van der Waals surface area (Å²) in [4.78, 5) is 13.6. The number of nitrogens with zero attached hydrogens (tertiary/aromatic N) is 2. The molecule has 0 bridgehead atoms. The van der Waals surface area contributed by atoms with E-state index in [9.17, 15) is 4.79 Å². The fraction of sp³-hybridized carbons (Fsp3) is 0.333. The fourth-order valence-electron chi connectivity index (χ4n) is 2.49. The van der Waals surface area contributed by atoms with Gasteiger partial charge in [-0.3, -0.25) is 9.48 Å². The normalized spacial score (nSPS) is 17.1. The summed E-state index contributed by atoms with van der Waals surface area (Å²) in [5.74, 6) is 0.0606. The second-order valence-corrected chi connectivity index (χ2v) is 6.32. The zero-order valence-corrected chi connectivity index (χ0v) is 12.6. The van der Waals surface area contributed by atoms with Gasteiger partial charge in [-0.25, -0.2) is 0 Å². The fourth-order valence-corrected chi connectivity index (χ4v) is 3.68. The van der Waals surface area contributed by atoms with Gasteiger partial charge < -0.3 is 5.32 Å². The molecule has 0 unspecified atom stereocenters. The molecule has 1 aromatic carbocycles. The Bertz CT molecular complexity index is 653. The molecule has 1 amide bonds. The molecule has 2 aromatic rings. The Morgan fingerprint density at radius 2 is 2.15 bits per heavy atom. The minimum Gasteiger partial charge on any atom is -0.322 e. The van der Waals surface area contributed by atoms with E-state index >= 15 is 0 Å². The molecule has 20 heavy (non-hydrogen) atoms. The maximum absolute atomic E-state index is 12.4. The van der Waals surface area contributed by atoms with Crippen molar-refractivity contribution in [2.24, 2.45) is 7.05 Å². The second kappa shape index (κ2) is 4.98. The van der Waals surface area contributed by atoms with Gasteiger partial charge in [-0.15, -0.1) is 11.8 Å². The summed E-state index contributed by atoms with van der Waals surface area (Å²) in [6.45, 7) is 3.88. The molecule has 0 radical (unpaired) electrons. The molecule has 1 atom stereocenters. The molecule has 3 rings (SSSR count). The molecule has 0 fully saturated rings. The lowest BCUT2D eigenvalue weighted by Crippen LogP contribution is -2.25. The highest BCUT2D eigenvalue weighted by Gasteiger charge is 2.28. The van der Waals surface area contributed by atoms with Crippen LogP contribution in [0.1, 0.15) is 17.0 Å². The highest BCUT2D eigenvalue weighted by atomic mass is 32.2. The lowest BCUT2D eigenvalue weighted by atomic mass is 10.1. The minimum atomic E-state index is -0.0496. The number of carbonyl (C=O) groups excluding carboxylic acids is 1. The number of nitrogens with one attached hydrogen (secondary N) is 1. The van der Waals surface area contributed by atoms with Gasteiger partial charge in [0, 0.05) is 11.9 Å². The van der Waals surface area contributed by atoms with E-state index in [0.29, 0.717) is 0 Å². The summed E-state index contributed by atoms with van der Waals surface area (Å²) in [5, 5.41) is 7.31. The number of rotatable bonds is 2. The van der Waals surface area contributed by atoms with E-state index in [4.69, 9.17) is 0 Å². The molecule has 1 aliphatic rings. The number of aryl methyl sites for hydroxylation is 2. The Hall–Kier alpha value is -1.75. The van der Waals surface area contributed by atoms with Crippen LogP contribution >= 0.6 is 11.8 Å². The first kappa shape index (κ1) is 13.2. The van der Waals surface area contributed by atoms with Crippen molar-refractivity contribution in [1.82, 2.24) is 9.78 Å². The van der Waals surface area contributed by atoms with Crippen LogP contribution in [0.3, 0.4) is 0 Å². The quantitative estimate of drug-likeness (QED) is 0.924. The topological polar surface area (TPSA) is 46.9 Å². The molecular formula is C15H17N3OS. The maximum atomic E-state index is 12.4. The summed E-state index contributed by atoms with van der Waals surface area (Å²) in [6.07, 6.45) is 0.797. The smallest absolute Gasteiger partial charge is 0.238 e. The standard InChI is InChI=1S/C15H17N3OS/c1-9-14(10(2)18(3)17-9)16-15(19)13-8-11-6-4-5-7-12(11)20-13/h4-7,13H,8H2,1-3H3,(H,16,19)/t13-/m0/s1. The number of carbonyl (C=O) groups is 1. The van der Waals surface area contributed by atoms with Crippen LogP contribution in [0, 0.1) is 13.8 Å². The Balaban J connectivity index is 1.76. The van der Waals surface area contributed by atoms with Gasteiger partial charge in [-0.1, -0.05) is 18.2 Å². The molecule has 5 heteroatoms. The van der Waals surface area contributed by atoms with Crippen molar-refractivity contribution < 1.29 is 4.79 Å². The third-order valence-electron chi connectivity index (χ3n) is 3.70. The molecule has 0 aliphatic carbocycles. The Morgan fingerprint density at radius 3 is 2.80 bits per heavy atom. The third-order valence-corrected chi connectivity index (χ3v) is 5.01. The van der Waals surface area contributed by atoms with Gasteiger partial charge in [0.1, 0.15) is 0 Å². The number of hydrogen-bond donors (Lipinski definition) is 1. The molecule has 104 valence electrons. The molecular weight excluding hydrogens is 270 g/mol. The van der Waals surface area contributed by atoms with Gasteiger partial charge in [0.25, 0.3) is 0 Å². The average molecular weight is 287 g/mol. The second-order valence-electron chi connectivity index (χ2n) is 5.08. The predicted octanol–water partition coefficient (Wildman–Crippen LogP) is 2.69. The number of amides is 1. The van der Waals surface area contributed by atoms with Crippen molar-refractivity contribution in [3.05, 3.63) is 41.2 Å². The summed E-state index contributed by atoms with van der Waals surface area (Å²) in [6, 6.07) is 8.21. The third kappa shape index (κ3) is 2.22. The van der Waals surface area contributed by atoms with Crippen LogP contribution in [0.25, 0.3) is 0 Å². The number of benzene rings is 1. The summed E-state index contributed by atoms with van der Waals surface area (Å²) >= 11 is 1.64. The van der Waals surface area contributed by atoms with E-state index in [0.717, 1.165) is 23.5 Å². The van der Waals surface area contributed by atoms with E-state index in [2.05, 4.69) is 22.5 Å². The van der Waals surface area contributed by atoms with Crippen molar-refractivity contribution in [2.75, 3.05) is 5.32 Å². The molecule has 4 nitrogen and oxygen atoms in total. The molecule has 1 aliphatic heterocycles. The van der Waals surface area contributed by atoms with Crippen molar-refractivity contribution >= 4 is 23.4 Å². The number of fused-ring (bicyclic) bond motifs is 1. The van der Waals surface area contributed by atoms with Gasteiger partial charge in [0.15, 0.2) is 0 Å². The molecule has 1 N–H and O–H groups in total. The van der Waals surface area contributed by atoms with Crippen LogP contribution in [0.5, 0.6) is 0 Å². The van der Waals surface area contributed by atoms with Crippen molar-refractivity contribution in [2.45, 2.75) is 30.4 Å². The van der Waals surface area contributed by atoms with Gasteiger partial charge in [-0.2, -0.15) is 5.10 Å². The van der Waals surface area contributed by atoms with Crippen LogP contribution < -0.4 is 5.32 Å². The van der Waals surface area contributed by atoms with Gasteiger partial charge in [0.05, 0.1) is 22.3 Å². The summed E-state index contributed by atoms with van der Waals surface area (Å²) in [5.41, 5.74) is 3.95. The van der Waals surface area contributed by atoms with E-state index in [1.54, 1.807) is 16.4 Å². The molecule has 0 saturated heterocycles. The van der Waals surface area contributed by atoms with E-state index in [1.807, 2.05) is 33.0 Å². The molecule has 0 spiro atoms. The number of thioether (sulfide) groups is 1. The van der Waals surface area contributed by atoms with E-state index in [1.165, 1.54) is 10.5 Å². The van der Waals surface area contributed by atoms with Crippen LogP contribution in [0.2, 0.25) is 0 Å². The monoisotopic (exact) mass is 287 g/mol. The predicted molar refractivity (Wildman–Crippen MR) is 81.1 cm³/mol. The van der Waals surface area contributed by atoms with Crippen LogP contribution in [-0.4, -0.2) is 20.9 Å². The minimum absolute atomic E-state index is 0.0496. The lowest BCUT2D eigenvalue weighted by molar-refractivity contribution is -0.115. The van der Waals surface area contributed by atoms with Gasteiger partial charge in [-0.05, 0) is 31.9 Å².